The molecule has 0 heterocycles. The molecule has 2 N–H and O–H groups in total. The average Bonchev–Trinajstić information content (AvgIpc) is 2.42. The molecule has 0 radical (unpaired) electrons. The lowest BCUT2D eigenvalue weighted by Gasteiger charge is -2.25. The first-order valence-corrected chi connectivity index (χ1v) is 8.20. The van der Waals surface area contributed by atoms with Gasteiger partial charge in [-0.25, -0.2) is 23.7 Å². The highest BCUT2D eigenvalue weighted by Gasteiger charge is 2.28. The number of benzene rings is 1. The third kappa shape index (κ3) is 7.93. The van der Waals surface area contributed by atoms with Gasteiger partial charge in [0.15, 0.2) is 0 Å². The van der Waals surface area contributed by atoms with Crippen LogP contribution in [-0.2, 0) is 16.0 Å². The van der Waals surface area contributed by atoms with Gasteiger partial charge in [-0.05, 0) is 65.3 Å². The highest BCUT2D eigenvalue weighted by molar-refractivity contribution is 5.88. The van der Waals surface area contributed by atoms with Gasteiger partial charge in [0.05, 0.1) is 6.54 Å². The molecule has 9 heteroatoms. The number of carboxylic acid groups (broad SMARTS) is 1. The lowest BCUT2D eigenvalue weighted by Crippen LogP contribution is -2.39. The molecule has 1 aromatic carbocycles. The number of carbonyl (C=O) groups is 3. The normalized spacial score (nSPS) is 11.5. The molecule has 0 aliphatic carbocycles. The van der Waals surface area contributed by atoms with E-state index in [0.717, 1.165) is 12.1 Å². The Morgan fingerprint density at radius 2 is 1.63 bits per heavy atom. The van der Waals surface area contributed by atoms with E-state index >= 15 is 0 Å². The van der Waals surface area contributed by atoms with E-state index in [4.69, 9.17) is 9.47 Å². The van der Waals surface area contributed by atoms with E-state index in [2.05, 4.69) is 5.32 Å². The Morgan fingerprint density at radius 3 is 2.11 bits per heavy atom. The Balaban J connectivity index is 3.09. The van der Waals surface area contributed by atoms with Gasteiger partial charge in [0.25, 0.3) is 0 Å². The van der Waals surface area contributed by atoms with E-state index in [1.54, 1.807) is 41.5 Å². The molecule has 0 spiro atoms. The second-order valence-corrected chi connectivity index (χ2v) is 7.78. The van der Waals surface area contributed by atoms with Crippen molar-refractivity contribution < 1.29 is 33.4 Å². The maximum absolute atomic E-state index is 13.7. The van der Waals surface area contributed by atoms with E-state index in [1.807, 2.05) is 0 Å². The number of halogens is 1. The van der Waals surface area contributed by atoms with E-state index < -0.39 is 41.8 Å². The van der Waals surface area contributed by atoms with E-state index in [-0.39, 0.29) is 11.3 Å². The molecule has 0 aromatic heterocycles. The zero-order valence-corrected chi connectivity index (χ0v) is 16.3. The molecule has 27 heavy (non-hydrogen) atoms. The Morgan fingerprint density at radius 1 is 1.07 bits per heavy atom. The third-order valence-electron chi connectivity index (χ3n) is 2.88. The van der Waals surface area contributed by atoms with E-state index in [1.165, 1.54) is 6.07 Å². The predicted octanol–water partition coefficient (Wildman–Crippen LogP) is 4.59. The summed E-state index contributed by atoms with van der Waals surface area (Å²) < 4.78 is 23.8. The number of ether oxygens (including phenoxy) is 2. The smallest absolute Gasteiger partial charge is 0.420 e. The first-order chi connectivity index (χ1) is 12.2. The number of nitrogens with one attached hydrogen (secondary N) is 1. The van der Waals surface area contributed by atoms with E-state index in [9.17, 15) is 23.9 Å². The Kier molecular flexibility index (Phi) is 6.77. The number of carbonyl (C=O) groups excluding carboxylic acids is 2. The summed E-state index contributed by atoms with van der Waals surface area (Å²) >= 11 is 0. The van der Waals surface area contributed by atoms with Crippen molar-refractivity contribution in [1.29, 1.82) is 0 Å². The summed E-state index contributed by atoms with van der Waals surface area (Å²) in [6.45, 7) is 9.26. The molecule has 0 aliphatic rings. The van der Waals surface area contributed by atoms with Crippen LogP contribution in [-0.4, -0.2) is 39.5 Å². The van der Waals surface area contributed by atoms with Crippen molar-refractivity contribution in [2.75, 3.05) is 5.32 Å². The molecule has 150 valence electrons. The third-order valence-corrected chi connectivity index (χ3v) is 2.88. The van der Waals surface area contributed by atoms with Crippen molar-refractivity contribution in [2.45, 2.75) is 59.3 Å². The molecular weight excluding hydrogens is 359 g/mol. The van der Waals surface area contributed by atoms with Gasteiger partial charge in [-0.3, -0.25) is 5.32 Å². The molecule has 0 unspecified atom stereocenters. The minimum absolute atomic E-state index is 0.0640. The van der Waals surface area contributed by atoms with Crippen LogP contribution in [0.15, 0.2) is 18.2 Å². The number of nitrogens with zero attached hydrogens (tertiary/aromatic N) is 1. The van der Waals surface area contributed by atoms with Crippen LogP contribution in [0.1, 0.15) is 47.1 Å². The first kappa shape index (κ1) is 22.2. The molecule has 0 saturated carbocycles. The van der Waals surface area contributed by atoms with Crippen LogP contribution < -0.4 is 5.32 Å². The van der Waals surface area contributed by atoms with Crippen molar-refractivity contribution in [3.63, 3.8) is 0 Å². The molecule has 0 aliphatic heterocycles. The molecule has 3 amide bonds. The lowest BCUT2D eigenvalue weighted by atomic mass is 10.1. The van der Waals surface area contributed by atoms with Crippen LogP contribution in [0.3, 0.4) is 0 Å². The Labute approximate surface area is 157 Å². The van der Waals surface area contributed by atoms with Crippen molar-refractivity contribution in [3.05, 3.63) is 29.6 Å². The molecular formula is C18H25FN2O6. The fourth-order valence-electron chi connectivity index (χ4n) is 1.93. The van der Waals surface area contributed by atoms with Crippen LogP contribution in [0.25, 0.3) is 0 Å². The lowest BCUT2D eigenvalue weighted by molar-refractivity contribution is 0.0255. The highest BCUT2D eigenvalue weighted by Crippen LogP contribution is 2.22. The summed E-state index contributed by atoms with van der Waals surface area (Å²) in [7, 11) is 0. The summed E-state index contributed by atoms with van der Waals surface area (Å²) in [4.78, 5) is 35.9. The van der Waals surface area contributed by atoms with Crippen molar-refractivity contribution in [1.82, 2.24) is 4.90 Å². The van der Waals surface area contributed by atoms with Gasteiger partial charge in [0, 0.05) is 5.69 Å². The Bertz CT molecular complexity index is 722. The number of rotatable bonds is 3. The minimum atomic E-state index is -1.57. The van der Waals surface area contributed by atoms with Crippen molar-refractivity contribution in [2.24, 2.45) is 0 Å². The van der Waals surface area contributed by atoms with Crippen LogP contribution in [0.5, 0.6) is 0 Å². The van der Waals surface area contributed by atoms with Gasteiger partial charge in [-0.2, -0.15) is 0 Å². The van der Waals surface area contributed by atoms with Gasteiger partial charge in [-0.1, -0.05) is 0 Å². The number of amides is 3. The van der Waals surface area contributed by atoms with Crippen LogP contribution in [0.4, 0.5) is 24.5 Å². The molecule has 1 rings (SSSR count). The summed E-state index contributed by atoms with van der Waals surface area (Å²) in [6.07, 6.45) is -3.48. The van der Waals surface area contributed by atoms with Gasteiger partial charge >= 0.3 is 18.3 Å². The second kappa shape index (κ2) is 8.24. The monoisotopic (exact) mass is 384 g/mol. The SMILES string of the molecule is CC(C)(C)OC(=O)Nc1ccc(F)cc1CN(C(=O)O)C(=O)OC(C)(C)C. The molecule has 8 nitrogen and oxygen atoms in total. The van der Waals surface area contributed by atoms with Crippen LogP contribution >= 0.6 is 0 Å². The fraction of sp³-hybridized carbons (Fsp3) is 0.500. The van der Waals surface area contributed by atoms with Gasteiger partial charge < -0.3 is 14.6 Å². The quantitative estimate of drug-likeness (QED) is 0.790. The largest absolute Gasteiger partial charge is 0.465 e. The maximum Gasteiger partial charge on any atom is 0.420 e. The zero-order valence-electron chi connectivity index (χ0n) is 16.3. The topological polar surface area (TPSA) is 105 Å². The average molecular weight is 384 g/mol. The maximum atomic E-state index is 13.7. The standard InChI is InChI=1S/C18H25FN2O6/c1-17(2,3)26-14(22)20-13-8-7-12(19)9-11(13)10-21(15(23)24)16(25)27-18(4,5)6/h7-9H,10H2,1-6H3,(H,20,22)(H,23,24). The van der Waals surface area contributed by atoms with Crippen molar-refractivity contribution in [3.8, 4) is 0 Å². The number of imide groups is 1. The zero-order chi connectivity index (χ0) is 21.0. The fourth-order valence-corrected chi connectivity index (χ4v) is 1.93. The second-order valence-electron chi connectivity index (χ2n) is 7.78. The first-order valence-electron chi connectivity index (χ1n) is 8.20. The summed E-state index contributed by atoms with van der Waals surface area (Å²) in [5, 5.41) is 11.7. The number of hydrogen-bond donors (Lipinski definition) is 2. The number of anilines is 1. The van der Waals surface area contributed by atoms with Crippen molar-refractivity contribution >= 4 is 24.0 Å². The Hall–Kier alpha value is -2.84. The van der Waals surface area contributed by atoms with Gasteiger partial charge in [0.2, 0.25) is 0 Å². The van der Waals surface area contributed by atoms with E-state index in [0.29, 0.717) is 4.90 Å². The molecule has 0 bridgehead atoms. The van der Waals surface area contributed by atoms with Crippen LogP contribution in [0.2, 0.25) is 0 Å². The van der Waals surface area contributed by atoms with Gasteiger partial charge in [-0.15, -0.1) is 0 Å². The minimum Gasteiger partial charge on any atom is -0.465 e. The predicted molar refractivity (Wildman–Crippen MR) is 96.1 cm³/mol. The molecule has 0 fully saturated rings. The molecule has 0 saturated heterocycles. The van der Waals surface area contributed by atoms with Gasteiger partial charge in [0.1, 0.15) is 17.0 Å². The molecule has 0 atom stereocenters. The summed E-state index contributed by atoms with van der Waals surface area (Å²) in [6, 6.07) is 3.37. The number of hydrogen-bond acceptors (Lipinski definition) is 5. The van der Waals surface area contributed by atoms with Crippen LogP contribution in [0, 0.1) is 5.82 Å². The summed E-state index contributed by atoms with van der Waals surface area (Å²) in [5.41, 5.74) is -1.49. The summed E-state index contributed by atoms with van der Waals surface area (Å²) in [5.74, 6) is -0.658. The molecule has 1 aromatic rings. The highest BCUT2D eigenvalue weighted by atomic mass is 19.1.